The van der Waals surface area contributed by atoms with Crippen molar-refractivity contribution in [3.63, 3.8) is 0 Å². The highest BCUT2D eigenvalue weighted by atomic mass is 32.1. The molecule has 1 heterocycles. The van der Waals surface area contributed by atoms with Gasteiger partial charge in [0.15, 0.2) is 6.29 Å². The number of hydrogen-bond donors (Lipinski definition) is 0. The van der Waals surface area contributed by atoms with E-state index in [1.165, 1.54) is 11.3 Å². The lowest BCUT2D eigenvalue weighted by molar-refractivity contribution is 0.112. The smallest absolute Gasteiger partial charge is 0.154 e. The van der Waals surface area contributed by atoms with E-state index < -0.39 is 0 Å². The highest BCUT2D eigenvalue weighted by Gasteiger charge is 2.08. The summed E-state index contributed by atoms with van der Waals surface area (Å²) >= 11 is 1.53. The number of carbonyl (C=O) groups excluding carboxylic acids is 1. The van der Waals surface area contributed by atoms with Crippen molar-refractivity contribution in [2.24, 2.45) is 0 Å². The summed E-state index contributed by atoms with van der Waals surface area (Å²) < 4.78 is 5.69. The monoisotopic (exact) mass is 269 g/mol. The molecule has 0 atom stereocenters. The highest BCUT2D eigenvalue weighted by Crippen LogP contribution is 2.27. The summed E-state index contributed by atoms with van der Waals surface area (Å²) in [6.07, 6.45) is 0.846. The van der Waals surface area contributed by atoms with Crippen LogP contribution in [-0.4, -0.2) is 11.3 Å². The molecule has 0 saturated heterocycles. The fourth-order valence-electron chi connectivity index (χ4n) is 1.98. The Hall–Kier alpha value is -2.20. The molecule has 0 saturated carbocycles. The maximum absolute atomic E-state index is 11.3. The van der Waals surface area contributed by atoms with Crippen LogP contribution in [0.4, 0.5) is 0 Å². The van der Waals surface area contributed by atoms with Gasteiger partial charge in [-0.15, -0.1) is 11.3 Å². The molecule has 0 aliphatic heterocycles. The van der Waals surface area contributed by atoms with Gasteiger partial charge in [-0.05, 0) is 16.8 Å². The molecule has 4 heteroatoms. The Morgan fingerprint density at radius 2 is 2.11 bits per heavy atom. The van der Waals surface area contributed by atoms with Crippen molar-refractivity contribution in [1.29, 1.82) is 0 Å². The predicted molar refractivity (Wildman–Crippen MR) is 75.8 cm³/mol. The first-order valence-electron chi connectivity index (χ1n) is 5.85. The Balaban J connectivity index is 1.96. The van der Waals surface area contributed by atoms with E-state index in [9.17, 15) is 4.79 Å². The SMILES string of the molecule is O=Cc1c(OCc2cscn2)ccc2ccccc12. The molecule has 0 radical (unpaired) electrons. The average Bonchev–Trinajstić information content (AvgIpc) is 2.97. The van der Waals surface area contributed by atoms with Crippen LogP contribution in [0.15, 0.2) is 47.3 Å². The van der Waals surface area contributed by atoms with Crippen molar-refractivity contribution in [1.82, 2.24) is 4.98 Å². The minimum atomic E-state index is 0.378. The normalized spacial score (nSPS) is 10.5. The highest BCUT2D eigenvalue weighted by molar-refractivity contribution is 7.07. The minimum absolute atomic E-state index is 0.378. The number of rotatable bonds is 4. The Morgan fingerprint density at radius 3 is 2.89 bits per heavy atom. The van der Waals surface area contributed by atoms with Crippen LogP contribution in [0.2, 0.25) is 0 Å². The van der Waals surface area contributed by atoms with Gasteiger partial charge < -0.3 is 4.74 Å². The van der Waals surface area contributed by atoms with Gasteiger partial charge in [-0.2, -0.15) is 0 Å². The molecule has 3 rings (SSSR count). The minimum Gasteiger partial charge on any atom is -0.486 e. The number of hydrogen-bond acceptors (Lipinski definition) is 4. The standard InChI is InChI=1S/C15H11NO2S/c17-7-14-13-4-2-1-3-11(13)5-6-15(14)18-8-12-9-19-10-16-12/h1-7,9-10H,8H2. The van der Waals surface area contributed by atoms with Crippen LogP contribution < -0.4 is 4.74 Å². The van der Waals surface area contributed by atoms with Gasteiger partial charge in [-0.1, -0.05) is 30.3 Å². The van der Waals surface area contributed by atoms with Gasteiger partial charge in [-0.3, -0.25) is 4.79 Å². The second kappa shape index (κ2) is 5.20. The maximum atomic E-state index is 11.3. The van der Waals surface area contributed by atoms with Gasteiger partial charge in [0, 0.05) is 5.38 Å². The molecule has 0 aliphatic carbocycles. The molecule has 1 aromatic heterocycles. The zero-order valence-corrected chi connectivity index (χ0v) is 10.9. The molecule has 3 nitrogen and oxygen atoms in total. The summed E-state index contributed by atoms with van der Waals surface area (Å²) in [4.78, 5) is 15.5. The first-order valence-corrected chi connectivity index (χ1v) is 6.79. The van der Waals surface area contributed by atoms with E-state index in [4.69, 9.17) is 4.74 Å². The van der Waals surface area contributed by atoms with Crippen molar-refractivity contribution in [2.45, 2.75) is 6.61 Å². The van der Waals surface area contributed by atoms with E-state index in [0.29, 0.717) is 17.9 Å². The molecule has 0 fully saturated rings. The van der Waals surface area contributed by atoms with E-state index in [-0.39, 0.29) is 0 Å². The van der Waals surface area contributed by atoms with Crippen LogP contribution in [0.3, 0.4) is 0 Å². The van der Waals surface area contributed by atoms with Crippen LogP contribution in [0.5, 0.6) is 5.75 Å². The number of ether oxygens (including phenoxy) is 1. The van der Waals surface area contributed by atoms with Crippen molar-refractivity contribution >= 4 is 28.4 Å². The topological polar surface area (TPSA) is 39.2 Å². The van der Waals surface area contributed by atoms with Gasteiger partial charge in [0.1, 0.15) is 12.4 Å². The van der Waals surface area contributed by atoms with E-state index in [1.807, 2.05) is 41.8 Å². The van der Waals surface area contributed by atoms with Crippen LogP contribution >= 0.6 is 11.3 Å². The largest absolute Gasteiger partial charge is 0.486 e. The number of thiazole rings is 1. The van der Waals surface area contributed by atoms with Gasteiger partial charge in [-0.25, -0.2) is 4.98 Å². The number of aromatic nitrogens is 1. The summed E-state index contributed by atoms with van der Waals surface area (Å²) in [6, 6.07) is 11.6. The van der Waals surface area contributed by atoms with Crippen LogP contribution in [0, 0.1) is 0 Å². The lowest BCUT2D eigenvalue weighted by Gasteiger charge is -2.09. The lowest BCUT2D eigenvalue weighted by Crippen LogP contribution is -1.99. The number of fused-ring (bicyclic) bond motifs is 1. The van der Waals surface area contributed by atoms with Crippen LogP contribution in [0.25, 0.3) is 10.8 Å². The summed E-state index contributed by atoms with van der Waals surface area (Å²) in [7, 11) is 0. The fourth-order valence-corrected chi connectivity index (χ4v) is 2.53. The van der Waals surface area contributed by atoms with Gasteiger partial charge in [0.25, 0.3) is 0 Å². The first-order chi connectivity index (χ1) is 9.38. The number of benzene rings is 2. The molecule has 0 amide bonds. The molecule has 19 heavy (non-hydrogen) atoms. The zero-order chi connectivity index (χ0) is 13.1. The first kappa shape index (κ1) is 11.9. The molecule has 2 aromatic carbocycles. The molecular weight excluding hydrogens is 258 g/mol. The fraction of sp³-hybridized carbons (Fsp3) is 0.0667. The number of aldehydes is 1. The molecule has 0 spiro atoms. The van der Waals surface area contributed by atoms with Crippen molar-refractivity contribution in [2.75, 3.05) is 0 Å². The van der Waals surface area contributed by atoms with E-state index in [2.05, 4.69) is 4.98 Å². The van der Waals surface area contributed by atoms with Crippen LogP contribution in [-0.2, 0) is 6.61 Å². The molecule has 94 valence electrons. The molecule has 0 N–H and O–H groups in total. The predicted octanol–water partition coefficient (Wildman–Crippen LogP) is 3.69. The lowest BCUT2D eigenvalue weighted by atomic mass is 10.0. The Morgan fingerprint density at radius 1 is 1.21 bits per heavy atom. The summed E-state index contributed by atoms with van der Waals surface area (Å²) in [6.45, 7) is 0.378. The average molecular weight is 269 g/mol. The second-order valence-electron chi connectivity index (χ2n) is 4.08. The third-order valence-electron chi connectivity index (χ3n) is 2.91. The molecule has 3 aromatic rings. The summed E-state index contributed by atoms with van der Waals surface area (Å²) in [5, 5.41) is 3.88. The Kier molecular flexibility index (Phi) is 3.25. The van der Waals surface area contributed by atoms with Crippen molar-refractivity contribution in [3.8, 4) is 5.75 Å². The van der Waals surface area contributed by atoms with Gasteiger partial charge >= 0.3 is 0 Å². The zero-order valence-electron chi connectivity index (χ0n) is 10.1. The maximum Gasteiger partial charge on any atom is 0.154 e. The quantitative estimate of drug-likeness (QED) is 0.678. The molecule has 0 bridgehead atoms. The molecule has 0 unspecified atom stereocenters. The summed E-state index contributed by atoms with van der Waals surface area (Å²) in [5.74, 6) is 0.599. The summed E-state index contributed by atoms with van der Waals surface area (Å²) in [5.41, 5.74) is 3.23. The molecule has 0 aliphatic rings. The second-order valence-corrected chi connectivity index (χ2v) is 4.80. The van der Waals surface area contributed by atoms with Gasteiger partial charge in [0.2, 0.25) is 0 Å². The van der Waals surface area contributed by atoms with Gasteiger partial charge in [0.05, 0.1) is 16.8 Å². The number of nitrogens with zero attached hydrogens (tertiary/aromatic N) is 1. The van der Waals surface area contributed by atoms with E-state index >= 15 is 0 Å². The Labute approximate surface area is 114 Å². The Bertz CT molecular complexity index is 707. The third-order valence-corrected chi connectivity index (χ3v) is 3.54. The van der Waals surface area contributed by atoms with E-state index in [0.717, 1.165) is 22.8 Å². The van der Waals surface area contributed by atoms with Crippen molar-refractivity contribution in [3.05, 3.63) is 58.5 Å². The van der Waals surface area contributed by atoms with E-state index in [1.54, 1.807) is 5.51 Å². The number of carbonyl (C=O) groups is 1. The van der Waals surface area contributed by atoms with Crippen molar-refractivity contribution < 1.29 is 9.53 Å². The third kappa shape index (κ3) is 2.35. The van der Waals surface area contributed by atoms with Crippen LogP contribution in [0.1, 0.15) is 16.1 Å². The molecular formula is C15H11NO2S.